The molecule has 0 aliphatic rings. The molecule has 0 fully saturated rings. The van der Waals surface area contributed by atoms with E-state index in [1.54, 1.807) is 4.68 Å². The van der Waals surface area contributed by atoms with Gasteiger partial charge in [0.25, 0.3) is 0 Å². The molecule has 3 aromatic rings. The maximum Gasteiger partial charge on any atom is 0.201 e. The van der Waals surface area contributed by atoms with Crippen LogP contribution in [0.25, 0.3) is 11.0 Å². The third kappa shape index (κ3) is 1.96. The fourth-order valence-corrected chi connectivity index (χ4v) is 2.47. The average Bonchev–Trinajstić information content (AvgIpc) is 2.84. The summed E-state index contributed by atoms with van der Waals surface area (Å²) in [5.41, 5.74) is 8.91. The molecule has 92 valence electrons. The molecule has 0 atom stereocenters. The predicted molar refractivity (Wildman–Crippen MR) is 79.2 cm³/mol. The molecular weight excluding hydrogens is 341 g/mol. The standard InChI is InChI=1S/C12H12IN5/c1-17-5-4-9(16-17)7-18-11-3-2-8(13)6-10(11)15-12(18)14/h2-6H,7H2,1H3,(H2,14,15). The summed E-state index contributed by atoms with van der Waals surface area (Å²) in [4.78, 5) is 4.38. The second kappa shape index (κ2) is 4.27. The van der Waals surface area contributed by atoms with Gasteiger partial charge in [-0.3, -0.25) is 4.68 Å². The second-order valence-corrected chi connectivity index (χ2v) is 5.42. The van der Waals surface area contributed by atoms with E-state index < -0.39 is 0 Å². The molecule has 2 aromatic heterocycles. The van der Waals surface area contributed by atoms with Crippen LogP contribution in [0.2, 0.25) is 0 Å². The van der Waals surface area contributed by atoms with Crippen molar-refractivity contribution >= 4 is 39.6 Å². The number of hydrogen-bond acceptors (Lipinski definition) is 3. The maximum atomic E-state index is 5.97. The number of halogens is 1. The molecule has 0 spiro atoms. The van der Waals surface area contributed by atoms with Gasteiger partial charge < -0.3 is 10.3 Å². The summed E-state index contributed by atoms with van der Waals surface area (Å²) in [6, 6.07) is 8.11. The van der Waals surface area contributed by atoms with Crippen molar-refractivity contribution in [2.45, 2.75) is 6.54 Å². The lowest BCUT2D eigenvalue weighted by atomic mass is 10.3. The van der Waals surface area contributed by atoms with Gasteiger partial charge in [-0.15, -0.1) is 0 Å². The van der Waals surface area contributed by atoms with Crippen LogP contribution in [0.5, 0.6) is 0 Å². The Morgan fingerprint density at radius 2 is 2.17 bits per heavy atom. The van der Waals surface area contributed by atoms with Crippen LogP contribution in [0, 0.1) is 3.57 Å². The van der Waals surface area contributed by atoms with Gasteiger partial charge in [0.2, 0.25) is 5.95 Å². The third-order valence-electron chi connectivity index (χ3n) is 2.83. The van der Waals surface area contributed by atoms with Crippen molar-refractivity contribution in [3.8, 4) is 0 Å². The first-order chi connectivity index (χ1) is 8.63. The van der Waals surface area contributed by atoms with Crippen LogP contribution in [0.1, 0.15) is 5.69 Å². The highest BCUT2D eigenvalue weighted by Gasteiger charge is 2.09. The molecule has 0 aliphatic heterocycles. The fourth-order valence-electron chi connectivity index (χ4n) is 2.00. The molecule has 1 aromatic carbocycles. The van der Waals surface area contributed by atoms with Gasteiger partial charge in [-0.1, -0.05) is 0 Å². The molecule has 6 heteroatoms. The van der Waals surface area contributed by atoms with Crippen molar-refractivity contribution in [3.05, 3.63) is 39.7 Å². The van der Waals surface area contributed by atoms with Gasteiger partial charge in [0.1, 0.15) is 0 Å². The van der Waals surface area contributed by atoms with Crippen LogP contribution in [0.4, 0.5) is 5.95 Å². The molecule has 0 bridgehead atoms. The van der Waals surface area contributed by atoms with Crippen LogP contribution >= 0.6 is 22.6 Å². The topological polar surface area (TPSA) is 61.7 Å². The molecule has 18 heavy (non-hydrogen) atoms. The first-order valence-electron chi connectivity index (χ1n) is 5.53. The Bertz CT molecular complexity index is 712. The molecule has 0 amide bonds. The van der Waals surface area contributed by atoms with E-state index in [1.165, 1.54) is 0 Å². The van der Waals surface area contributed by atoms with Crippen molar-refractivity contribution in [3.63, 3.8) is 0 Å². The number of aromatic nitrogens is 4. The van der Waals surface area contributed by atoms with Crippen molar-refractivity contribution in [2.24, 2.45) is 7.05 Å². The molecule has 5 nitrogen and oxygen atoms in total. The van der Waals surface area contributed by atoms with Gasteiger partial charge in [-0.2, -0.15) is 5.10 Å². The summed E-state index contributed by atoms with van der Waals surface area (Å²) in [6.45, 7) is 0.643. The van der Waals surface area contributed by atoms with E-state index in [1.807, 2.05) is 36.0 Å². The van der Waals surface area contributed by atoms with E-state index in [4.69, 9.17) is 5.73 Å². The maximum absolute atomic E-state index is 5.97. The molecule has 0 unspecified atom stereocenters. The van der Waals surface area contributed by atoms with E-state index in [-0.39, 0.29) is 0 Å². The first-order valence-corrected chi connectivity index (χ1v) is 6.61. The number of imidazole rings is 1. The van der Waals surface area contributed by atoms with E-state index in [2.05, 4.69) is 38.7 Å². The number of hydrogen-bond donors (Lipinski definition) is 1. The molecule has 0 aliphatic carbocycles. The zero-order valence-electron chi connectivity index (χ0n) is 9.84. The van der Waals surface area contributed by atoms with Gasteiger partial charge in [-0.05, 0) is 46.9 Å². The van der Waals surface area contributed by atoms with E-state index in [0.717, 1.165) is 20.3 Å². The van der Waals surface area contributed by atoms with Gasteiger partial charge in [0.05, 0.1) is 23.3 Å². The molecule has 0 radical (unpaired) electrons. The molecule has 0 saturated carbocycles. The predicted octanol–water partition coefficient (Wildman–Crippen LogP) is 2.00. The number of nitrogens with two attached hydrogens (primary N) is 1. The lowest BCUT2D eigenvalue weighted by Gasteiger charge is -2.03. The van der Waals surface area contributed by atoms with E-state index in [9.17, 15) is 0 Å². The van der Waals surface area contributed by atoms with Crippen LogP contribution in [0.15, 0.2) is 30.5 Å². The summed E-state index contributed by atoms with van der Waals surface area (Å²) in [5, 5.41) is 4.36. The van der Waals surface area contributed by atoms with Crippen LogP contribution in [-0.2, 0) is 13.6 Å². The number of aryl methyl sites for hydroxylation is 1. The van der Waals surface area contributed by atoms with Crippen molar-refractivity contribution in [1.82, 2.24) is 19.3 Å². The molecule has 3 rings (SSSR count). The van der Waals surface area contributed by atoms with Gasteiger partial charge in [0, 0.05) is 16.8 Å². The minimum Gasteiger partial charge on any atom is -0.369 e. The highest BCUT2D eigenvalue weighted by molar-refractivity contribution is 14.1. The number of nitrogen functional groups attached to an aromatic ring is 1. The number of nitrogens with zero attached hydrogens (tertiary/aromatic N) is 4. The Kier molecular flexibility index (Phi) is 2.73. The van der Waals surface area contributed by atoms with Crippen LogP contribution in [0.3, 0.4) is 0 Å². The largest absolute Gasteiger partial charge is 0.369 e. The Morgan fingerprint density at radius 3 is 2.89 bits per heavy atom. The van der Waals surface area contributed by atoms with Gasteiger partial charge >= 0.3 is 0 Å². The highest BCUT2D eigenvalue weighted by Crippen LogP contribution is 2.21. The molecule has 0 saturated heterocycles. The Hall–Kier alpha value is -1.57. The summed E-state index contributed by atoms with van der Waals surface area (Å²) in [6.07, 6.45) is 1.92. The second-order valence-electron chi connectivity index (χ2n) is 4.17. The summed E-state index contributed by atoms with van der Waals surface area (Å²) in [5.74, 6) is 0.526. The van der Waals surface area contributed by atoms with Gasteiger partial charge in [-0.25, -0.2) is 4.98 Å². The number of fused-ring (bicyclic) bond motifs is 1. The quantitative estimate of drug-likeness (QED) is 0.717. The zero-order chi connectivity index (χ0) is 12.7. The van der Waals surface area contributed by atoms with E-state index in [0.29, 0.717) is 12.5 Å². The highest BCUT2D eigenvalue weighted by atomic mass is 127. The van der Waals surface area contributed by atoms with Crippen LogP contribution in [-0.4, -0.2) is 19.3 Å². The monoisotopic (exact) mass is 353 g/mol. The lowest BCUT2D eigenvalue weighted by molar-refractivity contribution is 0.717. The Balaban J connectivity index is 2.08. The smallest absolute Gasteiger partial charge is 0.201 e. The minimum atomic E-state index is 0.526. The van der Waals surface area contributed by atoms with Crippen molar-refractivity contribution in [2.75, 3.05) is 5.73 Å². The average molecular weight is 353 g/mol. The Morgan fingerprint density at radius 1 is 1.33 bits per heavy atom. The Labute approximate surface area is 118 Å². The van der Waals surface area contributed by atoms with E-state index >= 15 is 0 Å². The number of rotatable bonds is 2. The number of benzene rings is 1. The molecule has 2 N–H and O–H groups in total. The van der Waals surface area contributed by atoms with Crippen molar-refractivity contribution in [1.29, 1.82) is 0 Å². The third-order valence-corrected chi connectivity index (χ3v) is 3.50. The summed E-state index contributed by atoms with van der Waals surface area (Å²) < 4.78 is 4.92. The molecule has 2 heterocycles. The molecular formula is C12H12IN5. The normalized spacial score (nSPS) is 11.2. The first kappa shape index (κ1) is 11.5. The van der Waals surface area contributed by atoms with Crippen LogP contribution < -0.4 is 5.73 Å². The van der Waals surface area contributed by atoms with Crippen molar-refractivity contribution < 1.29 is 0 Å². The number of anilines is 1. The minimum absolute atomic E-state index is 0.526. The van der Waals surface area contributed by atoms with Gasteiger partial charge in [0.15, 0.2) is 0 Å². The SMILES string of the molecule is Cn1ccc(Cn2c(N)nc3cc(I)ccc32)n1. The summed E-state index contributed by atoms with van der Waals surface area (Å²) >= 11 is 2.27. The summed E-state index contributed by atoms with van der Waals surface area (Å²) in [7, 11) is 1.90. The fraction of sp³-hybridized carbons (Fsp3) is 0.167. The lowest BCUT2D eigenvalue weighted by Crippen LogP contribution is -2.05. The zero-order valence-corrected chi connectivity index (χ0v) is 12.0.